The van der Waals surface area contributed by atoms with Crippen molar-refractivity contribution in [3.05, 3.63) is 34.9 Å². The minimum atomic E-state index is -0.0486. The lowest BCUT2D eigenvalue weighted by atomic mass is 9.84. The summed E-state index contributed by atoms with van der Waals surface area (Å²) in [5.41, 5.74) is 1.15. The number of rotatable bonds is 6. The largest absolute Gasteiger partial charge is 0.383 e. The SMILES string of the molecule is CN=C(NCC(C)(C)c1cccc(Cl)c1)NC(C)COC. The lowest BCUT2D eigenvalue weighted by molar-refractivity contribution is 0.179. The highest BCUT2D eigenvalue weighted by Gasteiger charge is 2.21. The Labute approximate surface area is 132 Å². The number of nitrogens with one attached hydrogen (secondary N) is 2. The van der Waals surface area contributed by atoms with E-state index in [1.165, 1.54) is 5.56 Å². The summed E-state index contributed by atoms with van der Waals surface area (Å²) >= 11 is 6.07. The molecule has 4 nitrogen and oxygen atoms in total. The third-order valence-electron chi connectivity index (χ3n) is 3.33. The second-order valence-electron chi connectivity index (χ2n) is 5.82. The van der Waals surface area contributed by atoms with Gasteiger partial charge < -0.3 is 15.4 Å². The number of aliphatic imine (C=N–C) groups is 1. The molecular formula is C16H26ClN3O. The molecule has 0 radical (unpaired) electrons. The second kappa shape index (κ2) is 8.25. The number of nitrogens with zero attached hydrogens (tertiary/aromatic N) is 1. The standard InChI is InChI=1S/C16H26ClN3O/c1-12(10-21-5)20-15(18-4)19-11-16(2,3)13-7-6-8-14(17)9-13/h6-9,12H,10-11H2,1-5H3,(H2,18,19,20). The maximum Gasteiger partial charge on any atom is 0.191 e. The Hall–Kier alpha value is -1.26. The summed E-state index contributed by atoms with van der Waals surface area (Å²) < 4.78 is 5.12. The van der Waals surface area contributed by atoms with E-state index < -0.39 is 0 Å². The lowest BCUT2D eigenvalue weighted by Crippen LogP contribution is -2.47. The van der Waals surface area contributed by atoms with Gasteiger partial charge in [0.25, 0.3) is 0 Å². The maximum absolute atomic E-state index is 6.07. The summed E-state index contributed by atoms with van der Waals surface area (Å²) in [6, 6.07) is 8.18. The molecule has 0 spiro atoms. The molecule has 2 N–H and O–H groups in total. The Morgan fingerprint density at radius 1 is 1.43 bits per heavy atom. The average molecular weight is 312 g/mol. The van der Waals surface area contributed by atoms with Crippen LogP contribution in [0.25, 0.3) is 0 Å². The van der Waals surface area contributed by atoms with Gasteiger partial charge in [-0.1, -0.05) is 37.6 Å². The van der Waals surface area contributed by atoms with E-state index in [1.807, 2.05) is 18.2 Å². The fourth-order valence-electron chi connectivity index (χ4n) is 2.04. The lowest BCUT2D eigenvalue weighted by Gasteiger charge is -2.27. The number of hydrogen-bond acceptors (Lipinski definition) is 2. The number of hydrogen-bond donors (Lipinski definition) is 2. The molecule has 1 aromatic rings. The first kappa shape index (κ1) is 17.8. The van der Waals surface area contributed by atoms with Gasteiger partial charge in [-0.2, -0.15) is 0 Å². The predicted octanol–water partition coefficient (Wildman–Crippen LogP) is 2.82. The number of guanidine groups is 1. The zero-order valence-electron chi connectivity index (χ0n) is 13.5. The fourth-order valence-corrected chi connectivity index (χ4v) is 2.23. The van der Waals surface area contributed by atoms with Crippen molar-refractivity contribution in [1.29, 1.82) is 0 Å². The first-order chi connectivity index (χ1) is 9.89. The van der Waals surface area contributed by atoms with Crippen molar-refractivity contribution in [2.75, 3.05) is 27.3 Å². The molecule has 1 aromatic carbocycles. The molecule has 1 atom stereocenters. The molecule has 21 heavy (non-hydrogen) atoms. The number of benzene rings is 1. The Balaban J connectivity index is 2.63. The molecule has 0 saturated heterocycles. The molecule has 0 saturated carbocycles. The van der Waals surface area contributed by atoms with Crippen LogP contribution in [0, 0.1) is 0 Å². The van der Waals surface area contributed by atoms with Crippen molar-refractivity contribution >= 4 is 17.6 Å². The van der Waals surface area contributed by atoms with Gasteiger partial charge in [0.2, 0.25) is 0 Å². The molecule has 0 aromatic heterocycles. The highest BCUT2D eigenvalue weighted by Crippen LogP contribution is 2.24. The zero-order chi connectivity index (χ0) is 15.9. The third-order valence-corrected chi connectivity index (χ3v) is 3.56. The van der Waals surface area contributed by atoms with Crippen LogP contribution in [-0.4, -0.2) is 39.3 Å². The van der Waals surface area contributed by atoms with Crippen LogP contribution in [0.15, 0.2) is 29.3 Å². The molecular weight excluding hydrogens is 286 g/mol. The second-order valence-corrected chi connectivity index (χ2v) is 6.26. The van der Waals surface area contributed by atoms with Gasteiger partial charge in [-0.25, -0.2) is 0 Å². The van der Waals surface area contributed by atoms with Crippen molar-refractivity contribution in [2.24, 2.45) is 4.99 Å². The first-order valence-corrected chi connectivity index (χ1v) is 7.49. The quantitative estimate of drug-likeness (QED) is 0.627. The topological polar surface area (TPSA) is 45.7 Å². The summed E-state index contributed by atoms with van der Waals surface area (Å²) in [6.45, 7) is 7.80. The van der Waals surface area contributed by atoms with E-state index in [-0.39, 0.29) is 11.5 Å². The van der Waals surface area contributed by atoms with Gasteiger partial charge >= 0.3 is 0 Å². The van der Waals surface area contributed by atoms with Gasteiger partial charge in [0.05, 0.1) is 6.61 Å². The highest BCUT2D eigenvalue weighted by atomic mass is 35.5. The van der Waals surface area contributed by atoms with Crippen LogP contribution >= 0.6 is 11.6 Å². The normalized spacial score (nSPS) is 13.9. The molecule has 0 aliphatic rings. The molecule has 0 bridgehead atoms. The van der Waals surface area contributed by atoms with Crippen molar-refractivity contribution in [1.82, 2.24) is 10.6 Å². The van der Waals surface area contributed by atoms with Crippen LogP contribution in [0.2, 0.25) is 5.02 Å². The van der Waals surface area contributed by atoms with E-state index in [0.29, 0.717) is 6.61 Å². The molecule has 0 fully saturated rings. The maximum atomic E-state index is 6.07. The van der Waals surface area contributed by atoms with E-state index >= 15 is 0 Å². The van der Waals surface area contributed by atoms with Crippen LogP contribution in [0.5, 0.6) is 0 Å². The van der Waals surface area contributed by atoms with Gasteiger partial charge in [-0.3, -0.25) is 4.99 Å². The van der Waals surface area contributed by atoms with Crippen LogP contribution in [0.3, 0.4) is 0 Å². The first-order valence-electron chi connectivity index (χ1n) is 7.11. The Morgan fingerprint density at radius 3 is 2.71 bits per heavy atom. The monoisotopic (exact) mass is 311 g/mol. The Morgan fingerprint density at radius 2 is 2.14 bits per heavy atom. The van der Waals surface area contributed by atoms with Gasteiger partial charge in [-0.05, 0) is 24.6 Å². The molecule has 118 valence electrons. The molecule has 0 heterocycles. The van der Waals surface area contributed by atoms with Gasteiger partial charge in [-0.15, -0.1) is 0 Å². The van der Waals surface area contributed by atoms with Gasteiger partial charge in [0.1, 0.15) is 0 Å². The summed E-state index contributed by atoms with van der Waals surface area (Å²) in [7, 11) is 3.46. The molecule has 0 aliphatic heterocycles. The van der Waals surface area contributed by atoms with Crippen LogP contribution < -0.4 is 10.6 Å². The molecule has 0 amide bonds. The van der Waals surface area contributed by atoms with Crippen molar-refractivity contribution in [3.8, 4) is 0 Å². The van der Waals surface area contributed by atoms with E-state index in [1.54, 1.807) is 14.2 Å². The van der Waals surface area contributed by atoms with Crippen molar-refractivity contribution in [2.45, 2.75) is 32.2 Å². The molecule has 0 aliphatic carbocycles. The predicted molar refractivity (Wildman–Crippen MR) is 90.3 cm³/mol. The van der Waals surface area contributed by atoms with E-state index in [4.69, 9.17) is 16.3 Å². The van der Waals surface area contributed by atoms with Crippen LogP contribution in [0.4, 0.5) is 0 Å². The molecule has 1 unspecified atom stereocenters. The van der Waals surface area contributed by atoms with E-state index in [2.05, 4.69) is 42.5 Å². The van der Waals surface area contributed by atoms with Gasteiger partial charge in [0.15, 0.2) is 5.96 Å². The number of ether oxygens (including phenoxy) is 1. The van der Waals surface area contributed by atoms with Crippen molar-refractivity contribution in [3.63, 3.8) is 0 Å². The van der Waals surface area contributed by atoms with E-state index in [0.717, 1.165) is 17.5 Å². The summed E-state index contributed by atoms with van der Waals surface area (Å²) in [4.78, 5) is 4.24. The van der Waals surface area contributed by atoms with Crippen molar-refractivity contribution < 1.29 is 4.74 Å². The van der Waals surface area contributed by atoms with Crippen LogP contribution in [-0.2, 0) is 10.2 Å². The average Bonchev–Trinajstić information content (AvgIpc) is 2.43. The minimum absolute atomic E-state index is 0.0486. The fraction of sp³-hybridized carbons (Fsp3) is 0.562. The highest BCUT2D eigenvalue weighted by molar-refractivity contribution is 6.30. The molecule has 5 heteroatoms. The van der Waals surface area contributed by atoms with Crippen LogP contribution in [0.1, 0.15) is 26.3 Å². The Bertz CT molecular complexity index is 474. The summed E-state index contributed by atoms with van der Waals surface area (Å²) in [5, 5.41) is 7.41. The summed E-state index contributed by atoms with van der Waals surface area (Å²) in [6.07, 6.45) is 0. The zero-order valence-corrected chi connectivity index (χ0v) is 14.3. The Kier molecular flexibility index (Phi) is 6.99. The van der Waals surface area contributed by atoms with E-state index in [9.17, 15) is 0 Å². The number of methoxy groups -OCH3 is 1. The molecule has 1 rings (SSSR count). The number of halogens is 1. The summed E-state index contributed by atoms with van der Waals surface area (Å²) in [5.74, 6) is 0.773. The smallest absolute Gasteiger partial charge is 0.191 e. The third kappa shape index (κ3) is 5.94. The van der Waals surface area contributed by atoms with Gasteiger partial charge in [0, 0.05) is 37.2 Å². The minimum Gasteiger partial charge on any atom is -0.383 e.